The number of para-hydroxylation sites is 1. The van der Waals surface area contributed by atoms with E-state index in [4.69, 9.17) is 14.2 Å². The third kappa shape index (κ3) is 3.61. The molecule has 20 heavy (non-hydrogen) atoms. The Labute approximate surface area is 124 Å². The normalized spacial score (nSPS) is 10.2. The van der Waals surface area contributed by atoms with Crippen LogP contribution in [0, 0.1) is 0 Å². The molecular formula is C16H18O3S. The monoisotopic (exact) mass is 290 g/mol. The van der Waals surface area contributed by atoms with Gasteiger partial charge >= 0.3 is 0 Å². The molecule has 0 saturated heterocycles. The van der Waals surface area contributed by atoms with E-state index >= 15 is 0 Å². The Morgan fingerprint density at radius 2 is 1.70 bits per heavy atom. The lowest BCUT2D eigenvalue weighted by Crippen LogP contribution is -2.03. The first-order chi connectivity index (χ1) is 9.74. The summed E-state index contributed by atoms with van der Waals surface area (Å²) < 4.78 is 16.4. The third-order valence-corrected chi connectivity index (χ3v) is 3.26. The second kappa shape index (κ2) is 7.10. The van der Waals surface area contributed by atoms with Gasteiger partial charge in [0.05, 0.1) is 20.8 Å². The van der Waals surface area contributed by atoms with Crippen LogP contribution in [0.2, 0.25) is 0 Å². The highest BCUT2D eigenvalue weighted by molar-refractivity contribution is 7.80. The number of hydrogen-bond acceptors (Lipinski definition) is 4. The number of hydrogen-bond donors (Lipinski definition) is 1. The van der Waals surface area contributed by atoms with Gasteiger partial charge in [0, 0.05) is 16.9 Å². The van der Waals surface area contributed by atoms with Crippen LogP contribution in [0.5, 0.6) is 17.2 Å². The Balaban J connectivity index is 1.98. The molecule has 0 aromatic heterocycles. The van der Waals surface area contributed by atoms with Gasteiger partial charge in [0.15, 0.2) is 11.5 Å². The second-order valence-electron chi connectivity index (χ2n) is 4.25. The summed E-state index contributed by atoms with van der Waals surface area (Å²) >= 11 is 4.24. The molecule has 0 heterocycles. The van der Waals surface area contributed by atoms with E-state index in [1.165, 1.54) is 0 Å². The molecule has 0 fully saturated rings. The zero-order chi connectivity index (χ0) is 14.4. The fraction of sp³-hybridized carbons (Fsp3) is 0.250. The predicted molar refractivity (Wildman–Crippen MR) is 82.4 cm³/mol. The van der Waals surface area contributed by atoms with Crippen molar-refractivity contribution in [1.29, 1.82) is 0 Å². The first-order valence-corrected chi connectivity index (χ1v) is 6.81. The van der Waals surface area contributed by atoms with Crippen molar-refractivity contribution in [3.8, 4) is 17.2 Å². The van der Waals surface area contributed by atoms with Crippen molar-refractivity contribution < 1.29 is 14.2 Å². The molecule has 0 spiro atoms. The summed E-state index contributed by atoms with van der Waals surface area (Å²) in [6, 6.07) is 13.5. The van der Waals surface area contributed by atoms with Crippen molar-refractivity contribution in [3.05, 3.63) is 48.0 Å². The van der Waals surface area contributed by atoms with Crippen molar-refractivity contribution in [2.75, 3.05) is 20.8 Å². The van der Waals surface area contributed by atoms with Gasteiger partial charge in [-0.1, -0.05) is 12.1 Å². The van der Waals surface area contributed by atoms with Gasteiger partial charge in [0.1, 0.15) is 5.75 Å². The van der Waals surface area contributed by atoms with Crippen molar-refractivity contribution in [2.24, 2.45) is 0 Å². The summed E-state index contributed by atoms with van der Waals surface area (Å²) in [4.78, 5) is 0.923. The Morgan fingerprint density at radius 3 is 2.35 bits per heavy atom. The molecule has 0 saturated carbocycles. The van der Waals surface area contributed by atoms with E-state index in [1.54, 1.807) is 14.2 Å². The maximum absolute atomic E-state index is 5.71. The van der Waals surface area contributed by atoms with E-state index in [0.717, 1.165) is 34.1 Å². The molecule has 2 aromatic carbocycles. The molecule has 2 aromatic rings. The number of rotatable bonds is 6. The summed E-state index contributed by atoms with van der Waals surface area (Å²) in [5.41, 5.74) is 1.07. The van der Waals surface area contributed by atoms with Crippen molar-refractivity contribution in [2.45, 2.75) is 11.3 Å². The van der Waals surface area contributed by atoms with E-state index in [1.807, 2.05) is 42.5 Å². The van der Waals surface area contributed by atoms with Crippen LogP contribution in [0.15, 0.2) is 47.4 Å². The first-order valence-electron chi connectivity index (χ1n) is 6.36. The molecule has 0 unspecified atom stereocenters. The highest BCUT2D eigenvalue weighted by atomic mass is 32.1. The van der Waals surface area contributed by atoms with Gasteiger partial charge in [-0.3, -0.25) is 0 Å². The van der Waals surface area contributed by atoms with Crippen molar-refractivity contribution in [1.82, 2.24) is 0 Å². The number of thiol groups is 1. The fourth-order valence-corrected chi connectivity index (χ4v) is 2.12. The van der Waals surface area contributed by atoms with E-state index in [2.05, 4.69) is 12.6 Å². The van der Waals surface area contributed by atoms with E-state index in [0.29, 0.717) is 6.61 Å². The quantitative estimate of drug-likeness (QED) is 0.824. The van der Waals surface area contributed by atoms with E-state index < -0.39 is 0 Å². The molecule has 0 bridgehead atoms. The minimum atomic E-state index is 0.579. The highest BCUT2D eigenvalue weighted by Crippen LogP contribution is 2.31. The van der Waals surface area contributed by atoms with Gasteiger partial charge in [-0.05, 0) is 30.3 Å². The zero-order valence-corrected chi connectivity index (χ0v) is 12.5. The van der Waals surface area contributed by atoms with Gasteiger partial charge in [-0.2, -0.15) is 0 Å². The predicted octanol–water partition coefficient (Wildman–Crippen LogP) is 3.61. The minimum absolute atomic E-state index is 0.579. The van der Waals surface area contributed by atoms with Crippen LogP contribution < -0.4 is 14.2 Å². The van der Waals surface area contributed by atoms with Gasteiger partial charge in [0.2, 0.25) is 0 Å². The third-order valence-electron chi connectivity index (χ3n) is 2.96. The van der Waals surface area contributed by atoms with E-state index in [9.17, 15) is 0 Å². The number of ether oxygens (including phenoxy) is 3. The molecule has 2 rings (SSSR count). The van der Waals surface area contributed by atoms with Crippen LogP contribution in [-0.2, 0) is 6.42 Å². The van der Waals surface area contributed by atoms with Gasteiger partial charge < -0.3 is 14.2 Å². The average molecular weight is 290 g/mol. The molecule has 0 aliphatic carbocycles. The Morgan fingerprint density at radius 1 is 0.950 bits per heavy atom. The molecule has 0 atom stereocenters. The Kier molecular flexibility index (Phi) is 5.18. The largest absolute Gasteiger partial charge is 0.493 e. The van der Waals surface area contributed by atoms with Crippen LogP contribution in [0.4, 0.5) is 0 Å². The van der Waals surface area contributed by atoms with Crippen LogP contribution in [-0.4, -0.2) is 20.8 Å². The topological polar surface area (TPSA) is 27.7 Å². The molecular weight excluding hydrogens is 272 g/mol. The summed E-state index contributed by atoms with van der Waals surface area (Å²) in [6.07, 6.45) is 0.753. The SMILES string of the molecule is COc1cccc(CCOc2ccc(S)cc2)c1OC. The zero-order valence-electron chi connectivity index (χ0n) is 11.6. The number of benzene rings is 2. The lowest BCUT2D eigenvalue weighted by atomic mass is 10.1. The molecule has 4 heteroatoms. The molecule has 0 N–H and O–H groups in total. The van der Waals surface area contributed by atoms with Gasteiger partial charge in [0.25, 0.3) is 0 Å². The summed E-state index contributed by atoms with van der Waals surface area (Å²) in [7, 11) is 3.28. The van der Waals surface area contributed by atoms with Gasteiger partial charge in [-0.15, -0.1) is 12.6 Å². The first kappa shape index (κ1) is 14.6. The van der Waals surface area contributed by atoms with Crippen LogP contribution in [0.25, 0.3) is 0 Å². The molecule has 0 amide bonds. The molecule has 106 valence electrons. The van der Waals surface area contributed by atoms with Crippen LogP contribution in [0.1, 0.15) is 5.56 Å². The Hall–Kier alpha value is -1.81. The van der Waals surface area contributed by atoms with Crippen molar-refractivity contribution >= 4 is 12.6 Å². The molecule has 0 radical (unpaired) electrons. The van der Waals surface area contributed by atoms with Gasteiger partial charge in [-0.25, -0.2) is 0 Å². The van der Waals surface area contributed by atoms with E-state index in [-0.39, 0.29) is 0 Å². The maximum atomic E-state index is 5.71. The summed E-state index contributed by atoms with van der Waals surface area (Å²) in [5, 5.41) is 0. The summed E-state index contributed by atoms with van der Waals surface area (Å²) in [5.74, 6) is 2.35. The molecule has 0 aliphatic heterocycles. The second-order valence-corrected chi connectivity index (χ2v) is 4.76. The lowest BCUT2D eigenvalue weighted by molar-refractivity contribution is 0.314. The lowest BCUT2D eigenvalue weighted by Gasteiger charge is -2.13. The summed E-state index contributed by atoms with van der Waals surface area (Å²) in [6.45, 7) is 0.579. The minimum Gasteiger partial charge on any atom is -0.493 e. The smallest absolute Gasteiger partial charge is 0.164 e. The molecule has 0 aliphatic rings. The van der Waals surface area contributed by atoms with Crippen molar-refractivity contribution in [3.63, 3.8) is 0 Å². The Bertz CT molecular complexity index is 552. The standard InChI is InChI=1S/C16H18O3S/c1-17-15-5-3-4-12(16(15)18-2)10-11-19-13-6-8-14(20)9-7-13/h3-9,20H,10-11H2,1-2H3. The van der Waals surface area contributed by atoms with Crippen LogP contribution in [0.3, 0.4) is 0 Å². The number of methoxy groups -OCH3 is 2. The van der Waals surface area contributed by atoms with Crippen LogP contribution >= 0.6 is 12.6 Å². The fourth-order valence-electron chi connectivity index (χ4n) is 1.97. The average Bonchev–Trinajstić information content (AvgIpc) is 2.49. The maximum Gasteiger partial charge on any atom is 0.164 e. The molecule has 3 nitrogen and oxygen atoms in total. The highest BCUT2D eigenvalue weighted by Gasteiger charge is 2.09.